The van der Waals surface area contributed by atoms with Gasteiger partial charge in [-0.2, -0.15) is 9.61 Å². The van der Waals surface area contributed by atoms with Gasteiger partial charge in [0, 0.05) is 54.6 Å². The van der Waals surface area contributed by atoms with Crippen molar-refractivity contribution in [3.05, 3.63) is 87.4 Å². The molecule has 0 radical (unpaired) electrons. The van der Waals surface area contributed by atoms with E-state index in [1.165, 1.54) is 0 Å². The van der Waals surface area contributed by atoms with E-state index in [1.807, 2.05) is 29.3 Å². The first-order valence-electron chi connectivity index (χ1n) is 10.8. The summed E-state index contributed by atoms with van der Waals surface area (Å²) in [7, 11) is 0. The molecule has 0 aliphatic carbocycles. The van der Waals surface area contributed by atoms with Gasteiger partial charge in [0.05, 0.1) is 16.4 Å². The van der Waals surface area contributed by atoms with E-state index in [0.29, 0.717) is 23.7 Å². The second-order valence-corrected chi connectivity index (χ2v) is 9.40. The molecule has 3 aromatic heterocycles. The van der Waals surface area contributed by atoms with E-state index in [4.69, 9.17) is 16.6 Å². The lowest BCUT2D eigenvalue weighted by molar-refractivity contribution is 0.0706. The number of carbonyl (C=O) groups excluding carboxylic acids is 1. The summed E-state index contributed by atoms with van der Waals surface area (Å²) in [4.78, 5) is 24.1. The van der Waals surface area contributed by atoms with Crippen LogP contribution in [0.2, 0.25) is 5.02 Å². The molecular weight excluding hydrogens is 504 g/mol. The van der Waals surface area contributed by atoms with Gasteiger partial charge in [-0.05, 0) is 64.7 Å². The number of rotatable bonds is 5. The first-order valence-corrected chi connectivity index (χ1v) is 12.0. The molecule has 1 aliphatic heterocycles. The van der Waals surface area contributed by atoms with E-state index in [9.17, 15) is 4.79 Å². The Kier molecular flexibility index (Phi) is 6.28. The van der Waals surface area contributed by atoms with Crippen LogP contribution in [0.4, 0.5) is 5.82 Å². The van der Waals surface area contributed by atoms with E-state index >= 15 is 0 Å². The van der Waals surface area contributed by atoms with Crippen LogP contribution in [-0.4, -0.2) is 43.5 Å². The zero-order chi connectivity index (χ0) is 22.8. The van der Waals surface area contributed by atoms with Crippen LogP contribution in [0.25, 0.3) is 5.65 Å². The lowest BCUT2D eigenvalue weighted by Gasteiger charge is -2.32. The lowest BCUT2D eigenvalue weighted by Crippen LogP contribution is -2.39. The maximum absolute atomic E-state index is 13.1. The summed E-state index contributed by atoms with van der Waals surface area (Å²) in [5, 5.41) is 8.55. The second-order valence-electron chi connectivity index (χ2n) is 8.11. The van der Waals surface area contributed by atoms with Gasteiger partial charge in [-0.3, -0.25) is 9.78 Å². The number of halogens is 2. The maximum Gasteiger partial charge on any atom is 0.253 e. The number of carbonyl (C=O) groups is 1. The van der Waals surface area contributed by atoms with Crippen molar-refractivity contribution in [1.82, 2.24) is 24.5 Å². The van der Waals surface area contributed by atoms with Crippen LogP contribution in [0.3, 0.4) is 0 Å². The van der Waals surface area contributed by atoms with Crippen LogP contribution < -0.4 is 5.32 Å². The first-order chi connectivity index (χ1) is 16.1. The molecule has 0 spiro atoms. The average molecular weight is 526 g/mol. The Balaban J connectivity index is 1.40. The molecule has 1 fully saturated rings. The molecule has 1 amide bonds. The van der Waals surface area contributed by atoms with Crippen LogP contribution in [0.5, 0.6) is 0 Å². The molecule has 7 nitrogen and oxygen atoms in total. The zero-order valence-corrected chi connectivity index (χ0v) is 20.1. The lowest BCUT2D eigenvalue weighted by atomic mass is 9.94. The van der Waals surface area contributed by atoms with E-state index in [1.54, 1.807) is 41.2 Å². The summed E-state index contributed by atoms with van der Waals surface area (Å²) >= 11 is 9.55. The van der Waals surface area contributed by atoms with Crippen LogP contribution >= 0.6 is 27.5 Å². The predicted molar refractivity (Wildman–Crippen MR) is 132 cm³/mol. The summed E-state index contributed by atoms with van der Waals surface area (Å²) in [5.74, 6) is 1.02. The number of amides is 1. The fourth-order valence-corrected chi connectivity index (χ4v) is 4.64. The van der Waals surface area contributed by atoms with E-state index in [-0.39, 0.29) is 11.8 Å². The number of hydrogen-bond acceptors (Lipinski definition) is 5. The highest BCUT2D eigenvalue weighted by molar-refractivity contribution is 9.10. The Hall–Kier alpha value is -2.97. The minimum atomic E-state index is 0.0258. The van der Waals surface area contributed by atoms with Crippen molar-refractivity contribution in [1.29, 1.82) is 0 Å². The average Bonchev–Trinajstić information content (AvgIpc) is 3.24. The third kappa shape index (κ3) is 4.72. The highest BCUT2D eigenvalue weighted by atomic mass is 79.9. The van der Waals surface area contributed by atoms with Crippen molar-refractivity contribution in [2.45, 2.75) is 25.3 Å². The quantitative estimate of drug-likeness (QED) is 0.389. The number of fused-ring (bicyclic) bond motifs is 1. The molecule has 1 atom stereocenters. The number of benzene rings is 1. The van der Waals surface area contributed by atoms with Gasteiger partial charge in [-0.25, -0.2) is 4.98 Å². The maximum atomic E-state index is 13.1. The number of hydrogen-bond donors (Lipinski definition) is 1. The summed E-state index contributed by atoms with van der Waals surface area (Å²) in [6, 6.07) is 13.1. The van der Waals surface area contributed by atoms with Gasteiger partial charge >= 0.3 is 0 Å². The summed E-state index contributed by atoms with van der Waals surface area (Å²) in [6.45, 7) is 1.98. The third-order valence-corrected chi connectivity index (χ3v) is 6.67. The molecule has 1 unspecified atom stereocenters. The molecule has 0 bridgehead atoms. The Bertz CT molecular complexity index is 1280. The summed E-state index contributed by atoms with van der Waals surface area (Å²) < 4.78 is 2.63. The van der Waals surface area contributed by atoms with Crippen molar-refractivity contribution in [2.75, 3.05) is 18.4 Å². The fraction of sp³-hybridized carbons (Fsp3) is 0.250. The highest BCUT2D eigenvalue weighted by Crippen LogP contribution is 2.30. The van der Waals surface area contributed by atoms with Gasteiger partial charge in [0.1, 0.15) is 5.82 Å². The monoisotopic (exact) mass is 524 g/mol. The Labute approximate surface area is 204 Å². The molecule has 1 aliphatic rings. The molecular formula is C24H22BrClN6O. The van der Waals surface area contributed by atoms with Crippen molar-refractivity contribution in [3.63, 3.8) is 0 Å². The molecule has 5 rings (SSSR count). The largest absolute Gasteiger partial charge is 0.366 e. The van der Waals surface area contributed by atoms with Gasteiger partial charge in [0.2, 0.25) is 0 Å². The smallest absolute Gasteiger partial charge is 0.253 e. The van der Waals surface area contributed by atoms with Gasteiger partial charge < -0.3 is 10.2 Å². The molecule has 0 saturated carbocycles. The van der Waals surface area contributed by atoms with Crippen LogP contribution in [0.1, 0.15) is 40.4 Å². The minimum Gasteiger partial charge on any atom is -0.366 e. The molecule has 1 saturated heterocycles. The Morgan fingerprint density at radius 3 is 2.85 bits per heavy atom. The number of piperidine rings is 1. The van der Waals surface area contributed by atoms with Gasteiger partial charge in [0.25, 0.3) is 5.91 Å². The highest BCUT2D eigenvalue weighted by Gasteiger charge is 2.27. The van der Waals surface area contributed by atoms with Gasteiger partial charge in [-0.15, -0.1) is 0 Å². The molecule has 33 heavy (non-hydrogen) atoms. The minimum absolute atomic E-state index is 0.0258. The normalized spacial score (nSPS) is 16.2. The van der Waals surface area contributed by atoms with E-state index in [2.05, 4.69) is 31.3 Å². The van der Waals surface area contributed by atoms with Gasteiger partial charge in [0.15, 0.2) is 5.65 Å². The molecule has 168 valence electrons. The first kappa shape index (κ1) is 21.9. The molecule has 9 heteroatoms. The molecule has 4 aromatic rings. The summed E-state index contributed by atoms with van der Waals surface area (Å²) in [6.07, 6.45) is 7.25. The Morgan fingerprint density at radius 1 is 1.21 bits per heavy atom. The zero-order valence-electron chi connectivity index (χ0n) is 17.8. The SMILES string of the molecule is O=C(c1ccc(Cl)cc1)N1CCCC(c2cc(NCc3cccnc3)n3ncc(Br)c3n2)C1. The van der Waals surface area contributed by atoms with Crippen molar-refractivity contribution in [3.8, 4) is 0 Å². The summed E-state index contributed by atoms with van der Waals surface area (Å²) in [5.41, 5.74) is 3.43. The standard InChI is InChI=1S/C24H22BrClN6O/c25-20-14-29-32-22(28-13-16-3-1-9-27-12-16)11-21(30-23(20)32)18-4-2-10-31(15-18)24(33)17-5-7-19(26)8-6-17/h1,3,5-9,11-12,14,18,28H,2,4,10,13,15H2. The molecule has 4 heterocycles. The van der Waals surface area contributed by atoms with E-state index in [0.717, 1.165) is 46.6 Å². The Morgan fingerprint density at radius 2 is 2.06 bits per heavy atom. The van der Waals surface area contributed by atoms with Crippen LogP contribution in [-0.2, 0) is 6.54 Å². The number of pyridine rings is 1. The number of aromatic nitrogens is 4. The second kappa shape index (κ2) is 9.49. The number of anilines is 1. The fourth-order valence-electron chi connectivity index (χ4n) is 4.16. The molecule has 1 N–H and O–H groups in total. The van der Waals surface area contributed by atoms with Crippen LogP contribution in [0, 0.1) is 0 Å². The van der Waals surface area contributed by atoms with Crippen molar-refractivity contribution < 1.29 is 4.79 Å². The van der Waals surface area contributed by atoms with Crippen molar-refractivity contribution in [2.24, 2.45) is 0 Å². The number of nitrogens with zero attached hydrogens (tertiary/aromatic N) is 5. The molecule has 1 aromatic carbocycles. The van der Waals surface area contributed by atoms with Gasteiger partial charge in [-0.1, -0.05) is 17.7 Å². The topological polar surface area (TPSA) is 75.4 Å². The van der Waals surface area contributed by atoms with Crippen LogP contribution in [0.15, 0.2) is 65.5 Å². The predicted octanol–water partition coefficient (Wildman–Crippen LogP) is 5.17. The third-order valence-electron chi connectivity index (χ3n) is 5.86. The number of nitrogens with one attached hydrogen (secondary N) is 1. The van der Waals surface area contributed by atoms with Crippen molar-refractivity contribution >= 4 is 44.9 Å². The van der Waals surface area contributed by atoms with E-state index < -0.39 is 0 Å². The number of likely N-dealkylation sites (tertiary alicyclic amines) is 1.